The van der Waals surface area contributed by atoms with Crippen LogP contribution in [0.2, 0.25) is 0 Å². The zero-order chi connectivity index (χ0) is 10.6. The van der Waals surface area contributed by atoms with Gasteiger partial charge >= 0.3 is 0 Å². The second-order valence-electron chi connectivity index (χ2n) is 3.72. The summed E-state index contributed by atoms with van der Waals surface area (Å²) in [6.45, 7) is 0.809. The van der Waals surface area contributed by atoms with Crippen molar-refractivity contribution >= 4 is 5.78 Å². The Morgan fingerprint density at radius 3 is 2.79 bits per heavy atom. The molecule has 1 aromatic heterocycles. The average molecular weight is 195 g/mol. The van der Waals surface area contributed by atoms with Crippen LogP contribution in [0.1, 0.15) is 12.2 Å². The standard InChI is InChI=1S/C10H17N3O/c1-12(2)6-4-9(14)8-10-11-5-7-13(10)3/h5,7H,4,6,8H2,1-3H3. The molecular weight excluding hydrogens is 178 g/mol. The molecule has 0 saturated carbocycles. The van der Waals surface area contributed by atoms with Gasteiger partial charge in [0, 0.05) is 32.4 Å². The van der Waals surface area contributed by atoms with Gasteiger partial charge in [0.2, 0.25) is 0 Å². The number of rotatable bonds is 5. The topological polar surface area (TPSA) is 38.1 Å². The first kappa shape index (κ1) is 10.9. The van der Waals surface area contributed by atoms with E-state index in [1.807, 2.05) is 36.8 Å². The Bertz CT molecular complexity index is 304. The Kier molecular flexibility index (Phi) is 3.83. The quantitative estimate of drug-likeness (QED) is 0.686. The highest BCUT2D eigenvalue weighted by atomic mass is 16.1. The van der Waals surface area contributed by atoms with Gasteiger partial charge in [-0.2, -0.15) is 0 Å². The number of imidazole rings is 1. The number of Topliss-reactive ketones (excluding diaryl/α,β-unsaturated/α-hetero) is 1. The first-order chi connectivity index (χ1) is 6.59. The Morgan fingerprint density at radius 2 is 2.29 bits per heavy atom. The van der Waals surface area contributed by atoms with Gasteiger partial charge in [0.05, 0.1) is 6.42 Å². The number of nitrogens with zero attached hydrogens (tertiary/aromatic N) is 3. The summed E-state index contributed by atoms with van der Waals surface area (Å²) in [5.41, 5.74) is 0. The van der Waals surface area contributed by atoms with Crippen molar-refractivity contribution in [2.24, 2.45) is 7.05 Å². The molecule has 78 valence electrons. The lowest BCUT2D eigenvalue weighted by atomic mass is 10.2. The van der Waals surface area contributed by atoms with Gasteiger partial charge in [0.25, 0.3) is 0 Å². The fourth-order valence-corrected chi connectivity index (χ4v) is 1.18. The van der Waals surface area contributed by atoms with E-state index in [0.29, 0.717) is 12.8 Å². The highest BCUT2D eigenvalue weighted by Gasteiger charge is 2.07. The molecule has 0 aromatic carbocycles. The molecule has 1 aromatic rings. The Labute approximate surface area is 84.5 Å². The minimum Gasteiger partial charge on any atom is -0.338 e. The van der Waals surface area contributed by atoms with Gasteiger partial charge in [0.1, 0.15) is 11.6 Å². The number of ketones is 1. The van der Waals surface area contributed by atoms with E-state index in [0.717, 1.165) is 12.4 Å². The summed E-state index contributed by atoms with van der Waals surface area (Å²) in [4.78, 5) is 17.6. The molecule has 1 rings (SSSR count). The molecule has 0 radical (unpaired) electrons. The number of hydrogen-bond donors (Lipinski definition) is 0. The molecule has 4 heteroatoms. The Hall–Kier alpha value is -1.16. The minimum atomic E-state index is 0.244. The van der Waals surface area contributed by atoms with Crippen molar-refractivity contribution in [2.75, 3.05) is 20.6 Å². The molecular formula is C10H17N3O. The third-order valence-electron chi connectivity index (χ3n) is 2.11. The van der Waals surface area contributed by atoms with Crippen molar-refractivity contribution in [3.8, 4) is 0 Å². The van der Waals surface area contributed by atoms with Gasteiger partial charge in [-0.3, -0.25) is 4.79 Å². The summed E-state index contributed by atoms with van der Waals surface area (Å²) in [6.07, 6.45) is 4.61. The molecule has 0 bridgehead atoms. The smallest absolute Gasteiger partial charge is 0.141 e. The zero-order valence-electron chi connectivity index (χ0n) is 9.03. The lowest BCUT2D eigenvalue weighted by Gasteiger charge is -2.07. The van der Waals surface area contributed by atoms with Crippen LogP contribution in [0.5, 0.6) is 0 Å². The summed E-state index contributed by atoms with van der Waals surface area (Å²) in [7, 11) is 5.84. The van der Waals surface area contributed by atoms with Crippen molar-refractivity contribution < 1.29 is 4.79 Å². The van der Waals surface area contributed by atoms with Crippen LogP contribution >= 0.6 is 0 Å². The van der Waals surface area contributed by atoms with E-state index in [1.165, 1.54) is 0 Å². The second-order valence-corrected chi connectivity index (χ2v) is 3.72. The molecule has 14 heavy (non-hydrogen) atoms. The summed E-state index contributed by atoms with van der Waals surface area (Å²) in [6, 6.07) is 0. The summed E-state index contributed by atoms with van der Waals surface area (Å²) in [5.74, 6) is 1.08. The van der Waals surface area contributed by atoms with Gasteiger partial charge in [-0.15, -0.1) is 0 Å². The molecule has 0 aliphatic carbocycles. The molecule has 0 aliphatic rings. The molecule has 0 fully saturated rings. The molecule has 0 aliphatic heterocycles. The number of aryl methyl sites for hydroxylation is 1. The van der Waals surface area contributed by atoms with E-state index < -0.39 is 0 Å². The molecule has 4 nitrogen and oxygen atoms in total. The van der Waals surface area contributed by atoms with E-state index in [2.05, 4.69) is 4.98 Å². The van der Waals surface area contributed by atoms with E-state index in [4.69, 9.17) is 0 Å². The van der Waals surface area contributed by atoms with E-state index >= 15 is 0 Å². The lowest BCUT2D eigenvalue weighted by Crippen LogP contribution is -2.18. The van der Waals surface area contributed by atoms with Crippen LogP contribution in [0.3, 0.4) is 0 Å². The normalized spacial score (nSPS) is 10.9. The highest BCUT2D eigenvalue weighted by molar-refractivity contribution is 5.80. The van der Waals surface area contributed by atoms with Gasteiger partial charge < -0.3 is 9.47 Å². The fourth-order valence-electron chi connectivity index (χ4n) is 1.18. The number of hydrogen-bond acceptors (Lipinski definition) is 3. The third-order valence-corrected chi connectivity index (χ3v) is 2.11. The molecule has 0 unspecified atom stereocenters. The molecule has 0 atom stereocenters. The third kappa shape index (κ3) is 3.30. The van der Waals surface area contributed by atoms with Crippen molar-refractivity contribution in [3.63, 3.8) is 0 Å². The first-order valence-electron chi connectivity index (χ1n) is 4.72. The van der Waals surface area contributed by atoms with Crippen LogP contribution in [-0.2, 0) is 18.3 Å². The number of carbonyl (C=O) groups excluding carboxylic acids is 1. The van der Waals surface area contributed by atoms with Crippen molar-refractivity contribution in [1.82, 2.24) is 14.5 Å². The van der Waals surface area contributed by atoms with Crippen molar-refractivity contribution in [2.45, 2.75) is 12.8 Å². The summed E-state index contributed by atoms with van der Waals surface area (Å²) < 4.78 is 1.88. The van der Waals surface area contributed by atoms with Crippen LogP contribution in [0.4, 0.5) is 0 Å². The van der Waals surface area contributed by atoms with E-state index in [-0.39, 0.29) is 5.78 Å². The number of aromatic nitrogens is 2. The maximum Gasteiger partial charge on any atom is 0.141 e. The SMILES string of the molecule is CN(C)CCC(=O)Cc1nccn1C. The first-order valence-corrected chi connectivity index (χ1v) is 4.72. The van der Waals surface area contributed by atoms with Crippen LogP contribution in [0.15, 0.2) is 12.4 Å². The molecule has 0 saturated heterocycles. The highest BCUT2D eigenvalue weighted by Crippen LogP contribution is 1.98. The van der Waals surface area contributed by atoms with Crippen LogP contribution in [0.25, 0.3) is 0 Å². The molecule has 0 N–H and O–H groups in total. The monoisotopic (exact) mass is 195 g/mol. The lowest BCUT2D eigenvalue weighted by molar-refractivity contribution is -0.118. The van der Waals surface area contributed by atoms with Gasteiger partial charge in [-0.1, -0.05) is 0 Å². The van der Waals surface area contributed by atoms with Gasteiger partial charge in [-0.25, -0.2) is 4.98 Å². The molecule has 1 heterocycles. The minimum absolute atomic E-state index is 0.244. The molecule has 0 amide bonds. The van der Waals surface area contributed by atoms with Crippen molar-refractivity contribution in [3.05, 3.63) is 18.2 Å². The average Bonchev–Trinajstić information content (AvgIpc) is 2.49. The van der Waals surface area contributed by atoms with Crippen LogP contribution in [0, 0.1) is 0 Å². The predicted molar refractivity (Wildman–Crippen MR) is 55.1 cm³/mol. The van der Waals surface area contributed by atoms with Crippen molar-refractivity contribution in [1.29, 1.82) is 0 Å². The zero-order valence-corrected chi connectivity index (χ0v) is 9.03. The summed E-state index contributed by atoms with van der Waals surface area (Å²) >= 11 is 0. The number of carbonyl (C=O) groups is 1. The van der Waals surface area contributed by atoms with E-state index in [1.54, 1.807) is 6.20 Å². The van der Waals surface area contributed by atoms with Gasteiger partial charge in [-0.05, 0) is 14.1 Å². The second kappa shape index (κ2) is 4.91. The maximum atomic E-state index is 11.5. The largest absolute Gasteiger partial charge is 0.338 e. The van der Waals surface area contributed by atoms with Gasteiger partial charge in [0.15, 0.2) is 0 Å². The fraction of sp³-hybridized carbons (Fsp3) is 0.600. The van der Waals surface area contributed by atoms with Crippen LogP contribution < -0.4 is 0 Å². The molecule has 0 spiro atoms. The van der Waals surface area contributed by atoms with E-state index in [9.17, 15) is 4.79 Å². The Balaban J connectivity index is 2.38. The summed E-state index contributed by atoms with van der Waals surface area (Å²) in [5, 5.41) is 0. The predicted octanol–water partition coefficient (Wildman–Crippen LogP) is 0.483. The Morgan fingerprint density at radius 1 is 1.57 bits per heavy atom. The maximum absolute atomic E-state index is 11.5. The van der Waals surface area contributed by atoms with Crippen LogP contribution in [-0.4, -0.2) is 40.9 Å².